The Kier molecular flexibility index (Phi) is 4.11. The molecule has 1 heterocycles. The van der Waals surface area contributed by atoms with Crippen LogP contribution >= 0.6 is 0 Å². The summed E-state index contributed by atoms with van der Waals surface area (Å²) in [6, 6.07) is 5.87. The summed E-state index contributed by atoms with van der Waals surface area (Å²) in [5, 5.41) is 12.3. The summed E-state index contributed by atoms with van der Waals surface area (Å²) in [7, 11) is 1.67. The zero-order valence-electron chi connectivity index (χ0n) is 11.5. The van der Waals surface area contributed by atoms with Gasteiger partial charge in [-0.1, -0.05) is 13.8 Å². The zero-order chi connectivity index (χ0) is 13.8. The number of methoxy groups -OCH3 is 1. The number of nitrogens with zero attached hydrogens (tertiary/aromatic N) is 4. The Morgan fingerprint density at radius 2 is 2.16 bits per heavy atom. The second-order valence-electron chi connectivity index (χ2n) is 4.61. The summed E-state index contributed by atoms with van der Waals surface area (Å²) in [5.74, 6) is 1.90. The summed E-state index contributed by atoms with van der Waals surface area (Å²) < 4.78 is 5.36. The molecule has 2 N–H and O–H groups in total. The van der Waals surface area contributed by atoms with Crippen molar-refractivity contribution in [2.75, 3.05) is 13.7 Å². The smallest absolute Gasteiger partial charge is 0.176 e. The van der Waals surface area contributed by atoms with Gasteiger partial charge in [-0.3, -0.25) is 0 Å². The molecule has 6 nitrogen and oxygen atoms in total. The predicted molar refractivity (Wildman–Crippen MR) is 72.6 cm³/mol. The zero-order valence-corrected chi connectivity index (χ0v) is 11.5. The molecule has 2 aromatic rings. The van der Waals surface area contributed by atoms with Crippen LogP contribution in [0.25, 0.3) is 5.69 Å². The molecular formula is C13H19N5O. The highest BCUT2D eigenvalue weighted by Gasteiger charge is 2.11. The third-order valence-electron chi connectivity index (χ3n) is 2.89. The lowest BCUT2D eigenvalue weighted by atomic mass is 10.0. The number of rotatable bonds is 5. The Labute approximate surface area is 112 Å². The van der Waals surface area contributed by atoms with Crippen molar-refractivity contribution in [3.05, 3.63) is 29.6 Å². The first-order valence-electron chi connectivity index (χ1n) is 6.33. The van der Waals surface area contributed by atoms with Gasteiger partial charge in [0, 0.05) is 6.42 Å². The van der Waals surface area contributed by atoms with E-state index in [1.807, 2.05) is 18.2 Å². The maximum absolute atomic E-state index is 5.48. The topological polar surface area (TPSA) is 78.8 Å². The van der Waals surface area contributed by atoms with Gasteiger partial charge in [-0.05, 0) is 41.4 Å². The molecule has 0 unspecified atom stereocenters. The van der Waals surface area contributed by atoms with Gasteiger partial charge in [-0.2, -0.15) is 0 Å². The van der Waals surface area contributed by atoms with Gasteiger partial charge < -0.3 is 10.5 Å². The van der Waals surface area contributed by atoms with Crippen LogP contribution in [0.2, 0.25) is 0 Å². The quantitative estimate of drug-likeness (QED) is 0.877. The van der Waals surface area contributed by atoms with Gasteiger partial charge in [0.15, 0.2) is 5.82 Å². The molecule has 1 aromatic carbocycles. The van der Waals surface area contributed by atoms with E-state index in [1.54, 1.807) is 7.11 Å². The normalized spacial score (nSPS) is 11.0. The van der Waals surface area contributed by atoms with E-state index >= 15 is 0 Å². The van der Waals surface area contributed by atoms with Crippen LogP contribution in [0.4, 0.5) is 0 Å². The summed E-state index contributed by atoms with van der Waals surface area (Å²) in [6.45, 7) is 4.76. The Morgan fingerprint density at radius 3 is 2.79 bits per heavy atom. The van der Waals surface area contributed by atoms with Crippen LogP contribution in [-0.4, -0.2) is 33.9 Å². The third-order valence-corrected chi connectivity index (χ3v) is 2.89. The van der Waals surface area contributed by atoms with Gasteiger partial charge in [-0.25, -0.2) is 0 Å². The van der Waals surface area contributed by atoms with Gasteiger partial charge in [-0.15, -0.1) is 15.0 Å². The van der Waals surface area contributed by atoms with Gasteiger partial charge in [0.25, 0.3) is 0 Å². The first-order valence-corrected chi connectivity index (χ1v) is 6.33. The summed E-state index contributed by atoms with van der Waals surface area (Å²) in [6.07, 6.45) is 0.632. The van der Waals surface area contributed by atoms with E-state index in [4.69, 9.17) is 10.5 Å². The second-order valence-corrected chi connectivity index (χ2v) is 4.61. The molecule has 2 rings (SSSR count). The molecular weight excluding hydrogens is 242 g/mol. The van der Waals surface area contributed by atoms with E-state index in [0.29, 0.717) is 24.7 Å². The SMILES string of the molecule is COc1ccc(-n2nnc(CCN)n2)cc1C(C)C. The van der Waals surface area contributed by atoms with Crippen molar-refractivity contribution in [1.29, 1.82) is 0 Å². The number of tetrazole rings is 1. The molecule has 0 amide bonds. The Morgan fingerprint density at radius 1 is 1.37 bits per heavy atom. The fraction of sp³-hybridized carbons (Fsp3) is 0.462. The highest BCUT2D eigenvalue weighted by Crippen LogP contribution is 2.28. The molecule has 19 heavy (non-hydrogen) atoms. The van der Waals surface area contributed by atoms with Gasteiger partial charge in [0.05, 0.1) is 12.8 Å². The minimum absolute atomic E-state index is 0.363. The molecule has 0 aliphatic carbocycles. The van der Waals surface area contributed by atoms with Crippen molar-refractivity contribution >= 4 is 0 Å². The van der Waals surface area contributed by atoms with Crippen molar-refractivity contribution < 1.29 is 4.74 Å². The molecule has 1 aromatic heterocycles. The fourth-order valence-corrected chi connectivity index (χ4v) is 1.88. The lowest BCUT2D eigenvalue weighted by Crippen LogP contribution is -2.05. The number of benzene rings is 1. The molecule has 0 aliphatic heterocycles. The number of hydrogen-bond acceptors (Lipinski definition) is 5. The van der Waals surface area contributed by atoms with Crippen LogP contribution in [0.3, 0.4) is 0 Å². The van der Waals surface area contributed by atoms with Crippen LogP contribution in [0.1, 0.15) is 31.2 Å². The molecule has 0 saturated heterocycles. The minimum atomic E-state index is 0.363. The third kappa shape index (κ3) is 2.90. The number of nitrogens with two attached hydrogens (primary N) is 1. The Bertz CT molecular complexity index is 550. The average Bonchev–Trinajstić information content (AvgIpc) is 2.87. The molecule has 0 spiro atoms. The molecule has 0 radical (unpaired) electrons. The molecule has 0 aliphatic rings. The number of ether oxygens (including phenoxy) is 1. The van der Waals surface area contributed by atoms with Crippen LogP contribution < -0.4 is 10.5 Å². The van der Waals surface area contributed by atoms with Crippen LogP contribution in [0.5, 0.6) is 5.75 Å². The second kappa shape index (κ2) is 5.79. The molecule has 0 atom stereocenters. The van der Waals surface area contributed by atoms with Crippen LogP contribution in [0, 0.1) is 0 Å². The fourth-order valence-electron chi connectivity index (χ4n) is 1.88. The number of aromatic nitrogens is 4. The van der Waals surface area contributed by atoms with Crippen molar-refractivity contribution in [3.63, 3.8) is 0 Å². The molecule has 0 bridgehead atoms. The standard InChI is InChI=1S/C13H19N5O/c1-9(2)11-8-10(4-5-12(11)19-3)18-16-13(6-7-14)15-17-18/h4-5,8-9H,6-7,14H2,1-3H3. The highest BCUT2D eigenvalue weighted by atomic mass is 16.5. The molecule has 0 fully saturated rings. The van der Waals surface area contributed by atoms with Crippen molar-refractivity contribution in [3.8, 4) is 11.4 Å². The summed E-state index contributed by atoms with van der Waals surface area (Å²) in [5.41, 5.74) is 7.47. The van der Waals surface area contributed by atoms with E-state index in [2.05, 4.69) is 29.3 Å². The van der Waals surface area contributed by atoms with E-state index in [-0.39, 0.29) is 0 Å². The minimum Gasteiger partial charge on any atom is -0.496 e. The van der Waals surface area contributed by atoms with E-state index in [9.17, 15) is 0 Å². The van der Waals surface area contributed by atoms with Crippen molar-refractivity contribution in [2.24, 2.45) is 5.73 Å². The van der Waals surface area contributed by atoms with Gasteiger partial charge >= 0.3 is 0 Å². The van der Waals surface area contributed by atoms with E-state index in [0.717, 1.165) is 17.0 Å². The monoisotopic (exact) mass is 261 g/mol. The first kappa shape index (κ1) is 13.5. The van der Waals surface area contributed by atoms with E-state index < -0.39 is 0 Å². The maximum Gasteiger partial charge on any atom is 0.176 e. The Balaban J connectivity index is 2.36. The lowest BCUT2D eigenvalue weighted by Gasteiger charge is -2.12. The maximum atomic E-state index is 5.48. The largest absolute Gasteiger partial charge is 0.496 e. The van der Waals surface area contributed by atoms with Crippen molar-refractivity contribution in [1.82, 2.24) is 20.2 Å². The van der Waals surface area contributed by atoms with E-state index in [1.165, 1.54) is 4.80 Å². The van der Waals surface area contributed by atoms with Crippen LogP contribution in [-0.2, 0) is 6.42 Å². The lowest BCUT2D eigenvalue weighted by molar-refractivity contribution is 0.407. The molecule has 0 saturated carbocycles. The molecule has 102 valence electrons. The Hall–Kier alpha value is -1.95. The highest BCUT2D eigenvalue weighted by molar-refractivity contribution is 5.44. The predicted octanol–water partition coefficient (Wildman–Crippen LogP) is 1.30. The average molecular weight is 261 g/mol. The van der Waals surface area contributed by atoms with Crippen LogP contribution in [0.15, 0.2) is 18.2 Å². The van der Waals surface area contributed by atoms with Crippen molar-refractivity contribution in [2.45, 2.75) is 26.2 Å². The van der Waals surface area contributed by atoms with Gasteiger partial charge in [0.2, 0.25) is 0 Å². The number of hydrogen-bond donors (Lipinski definition) is 1. The summed E-state index contributed by atoms with van der Waals surface area (Å²) >= 11 is 0. The van der Waals surface area contributed by atoms with Gasteiger partial charge in [0.1, 0.15) is 5.75 Å². The molecule has 6 heteroatoms. The summed E-state index contributed by atoms with van der Waals surface area (Å²) in [4.78, 5) is 1.52. The first-order chi connectivity index (χ1) is 9.15.